The van der Waals surface area contributed by atoms with Crippen molar-refractivity contribution in [1.82, 2.24) is 5.16 Å². The Morgan fingerprint density at radius 1 is 1.00 bits per heavy atom. The molecule has 1 aromatic heterocycles. The minimum absolute atomic E-state index is 0.146. The van der Waals surface area contributed by atoms with Crippen molar-refractivity contribution in [3.05, 3.63) is 60.4 Å². The van der Waals surface area contributed by atoms with E-state index in [9.17, 15) is 5.11 Å². The van der Waals surface area contributed by atoms with E-state index in [4.69, 9.17) is 8.95 Å². The molecule has 5 heteroatoms. The monoisotopic (exact) mass is 435 g/mol. The summed E-state index contributed by atoms with van der Waals surface area (Å²) in [5.41, 5.74) is 3.51. The van der Waals surface area contributed by atoms with Crippen LogP contribution in [-0.2, 0) is 5.41 Å². The number of aliphatic hydroxyl groups is 1. The first-order valence-electron chi connectivity index (χ1n) is 11.1. The van der Waals surface area contributed by atoms with Crippen molar-refractivity contribution in [2.75, 3.05) is 0 Å². The second-order valence-corrected chi connectivity index (χ2v) is 15.0. The maximum absolute atomic E-state index is 10.5. The summed E-state index contributed by atoms with van der Waals surface area (Å²) in [4.78, 5) is 0. The van der Waals surface area contributed by atoms with Crippen LogP contribution in [0.4, 0.5) is 0 Å². The van der Waals surface area contributed by atoms with Crippen LogP contribution in [0.5, 0.6) is 5.75 Å². The van der Waals surface area contributed by atoms with Gasteiger partial charge in [-0.1, -0.05) is 56.3 Å². The van der Waals surface area contributed by atoms with Crippen molar-refractivity contribution < 1.29 is 14.1 Å². The van der Waals surface area contributed by atoms with Gasteiger partial charge in [0, 0.05) is 5.56 Å². The van der Waals surface area contributed by atoms with Crippen molar-refractivity contribution in [3.63, 3.8) is 0 Å². The highest BCUT2D eigenvalue weighted by atomic mass is 28.4. The van der Waals surface area contributed by atoms with E-state index in [-0.39, 0.29) is 10.5 Å². The Hall–Kier alpha value is -2.37. The highest BCUT2D eigenvalue weighted by Gasteiger charge is 2.53. The fourth-order valence-electron chi connectivity index (χ4n) is 3.80. The van der Waals surface area contributed by atoms with Gasteiger partial charge in [-0.3, -0.25) is 0 Å². The van der Waals surface area contributed by atoms with Gasteiger partial charge < -0.3 is 14.1 Å². The summed E-state index contributed by atoms with van der Waals surface area (Å²) in [5, 5.41) is 15.1. The number of hydrogen-bond acceptors (Lipinski definition) is 4. The highest BCUT2D eigenvalue weighted by molar-refractivity contribution is 6.74. The molecule has 31 heavy (non-hydrogen) atoms. The summed E-state index contributed by atoms with van der Waals surface area (Å²) in [6.07, 6.45) is 1.35. The Bertz CT molecular complexity index is 1040. The van der Waals surface area contributed by atoms with E-state index in [2.05, 4.69) is 63.3 Å². The van der Waals surface area contributed by atoms with E-state index in [0.717, 1.165) is 46.7 Å². The van der Waals surface area contributed by atoms with Crippen LogP contribution in [0.1, 0.15) is 46.3 Å². The molecule has 4 rings (SSSR count). The molecule has 0 bridgehead atoms. The molecule has 164 valence electrons. The van der Waals surface area contributed by atoms with Gasteiger partial charge in [-0.2, -0.15) is 0 Å². The summed E-state index contributed by atoms with van der Waals surface area (Å²) < 4.78 is 12.3. The van der Waals surface area contributed by atoms with Gasteiger partial charge in [0.15, 0.2) is 5.76 Å². The standard InChI is InChI=1S/C26H33NO3Si/c1-18(28)26(16-17-26)24-22(19-10-8-7-9-11-19)23(27-29-24)20-12-14-21(15-13-20)30-31(5,6)25(2,3)4/h7-15,18,28H,16-17H2,1-6H3. The molecule has 0 aliphatic heterocycles. The predicted molar refractivity (Wildman–Crippen MR) is 128 cm³/mol. The van der Waals surface area contributed by atoms with Gasteiger partial charge in [-0.15, -0.1) is 0 Å². The number of hydrogen-bond donors (Lipinski definition) is 1. The summed E-state index contributed by atoms with van der Waals surface area (Å²) in [5.74, 6) is 1.69. The minimum atomic E-state index is -1.89. The third-order valence-electron chi connectivity index (χ3n) is 7.10. The Morgan fingerprint density at radius 2 is 1.61 bits per heavy atom. The number of aromatic nitrogens is 1. The van der Waals surface area contributed by atoms with Crippen LogP contribution in [-0.4, -0.2) is 24.7 Å². The van der Waals surface area contributed by atoms with Gasteiger partial charge in [0.05, 0.1) is 17.1 Å². The van der Waals surface area contributed by atoms with Crippen LogP contribution in [0.15, 0.2) is 59.1 Å². The molecule has 0 spiro atoms. The van der Waals surface area contributed by atoms with Gasteiger partial charge in [0.25, 0.3) is 0 Å². The maximum atomic E-state index is 10.5. The van der Waals surface area contributed by atoms with E-state index in [1.807, 2.05) is 37.3 Å². The number of benzene rings is 2. The molecule has 1 aliphatic carbocycles. The average Bonchev–Trinajstić information content (AvgIpc) is 3.41. The highest BCUT2D eigenvalue weighted by Crippen LogP contribution is 2.55. The summed E-state index contributed by atoms with van der Waals surface area (Å²) in [6.45, 7) is 13.1. The Balaban J connectivity index is 1.73. The van der Waals surface area contributed by atoms with Crippen LogP contribution < -0.4 is 4.43 Å². The van der Waals surface area contributed by atoms with Crippen molar-refractivity contribution in [2.45, 2.75) is 70.2 Å². The van der Waals surface area contributed by atoms with Gasteiger partial charge in [-0.25, -0.2) is 0 Å². The lowest BCUT2D eigenvalue weighted by Crippen LogP contribution is -2.43. The van der Waals surface area contributed by atoms with Crippen LogP contribution >= 0.6 is 0 Å². The molecule has 1 saturated carbocycles. The quantitative estimate of drug-likeness (QED) is 0.432. The van der Waals surface area contributed by atoms with E-state index < -0.39 is 14.4 Å². The zero-order valence-electron chi connectivity index (χ0n) is 19.4. The third-order valence-corrected chi connectivity index (χ3v) is 11.5. The van der Waals surface area contributed by atoms with Crippen LogP contribution in [0, 0.1) is 0 Å². The zero-order chi connectivity index (χ0) is 22.4. The van der Waals surface area contributed by atoms with Crippen molar-refractivity contribution in [3.8, 4) is 28.1 Å². The fraction of sp³-hybridized carbons (Fsp3) is 0.423. The van der Waals surface area contributed by atoms with Crippen molar-refractivity contribution >= 4 is 8.32 Å². The zero-order valence-corrected chi connectivity index (χ0v) is 20.4. The van der Waals surface area contributed by atoms with Gasteiger partial charge in [0.1, 0.15) is 11.4 Å². The third kappa shape index (κ3) is 3.97. The summed E-state index contributed by atoms with van der Waals surface area (Å²) in [6, 6.07) is 18.4. The normalized spacial score (nSPS) is 16.7. The lowest BCUT2D eigenvalue weighted by atomic mass is 9.89. The molecule has 0 amide bonds. The van der Waals surface area contributed by atoms with Crippen molar-refractivity contribution in [1.29, 1.82) is 0 Å². The molecule has 1 fully saturated rings. The van der Waals surface area contributed by atoms with Gasteiger partial charge >= 0.3 is 0 Å². The van der Waals surface area contributed by atoms with E-state index in [1.165, 1.54) is 0 Å². The Morgan fingerprint density at radius 3 is 2.13 bits per heavy atom. The smallest absolute Gasteiger partial charge is 0.250 e. The second kappa shape index (κ2) is 7.64. The second-order valence-electron chi connectivity index (χ2n) is 10.3. The molecular weight excluding hydrogens is 402 g/mol. The molecule has 1 N–H and O–H groups in total. The topological polar surface area (TPSA) is 55.5 Å². The lowest BCUT2D eigenvalue weighted by molar-refractivity contribution is 0.134. The first kappa shape index (κ1) is 21.8. The molecule has 2 aromatic carbocycles. The summed E-state index contributed by atoms with van der Waals surface area (Å²) in [7, 11) is -1.89. The Kier molecular flexibility index (Phi) is 5.38. The van der Waals surface area contributed by atoms with Crippen LogP contribution in [0.3, 0.4) is 0 Å². The van der Waals surface area contributed by atoms with E-state index in [1.54, 1.807) is 0 Å². The SMILES string of the molecule is CC(O)C1(c2onc(-c3ccc(O[Si](C)(C)C(C)(C)C)cc3)c2-c2ccccc2)CC1. The molecule has 1 atom stereocenters. The fourth-order valence-corrected chi connectivity index (χ4v) is 4.83. The molecular formula is C26H33NO3Si. The van der Waals surface area contributed by atoms with Crippen LogP contribution in [0.25, 0.3) is 22.4 Å². The molecule has 3 aromatic rings. The van der Waals surface area contributed by atoms with Crippen molar-refractivity contribution in [2.24, 2.45) is 0 Å². The maximum Gasteiger partial charge on any atom is 0.250 e. The van der Waals surface area contributed by atoms with Gasteiger partial charge in [0.2, 0.25) is 8.32 Å². The molecule has 1 aliphatic rings. The van der Waals surface area contributed by atoms with Gasteiger partial charge in [-0.05, 0) is 67.7 Å². The molecule has 4 nitrogen and oxygen atoms in total. The first-order chi connectivity index (χ1) is 14.6. The van der Waals surface area contributed by atoms with Crippen LogP contribution in [0.2, 0.25) is 18.1 Å². The lowest BCUT2D eigenvalue weighted by Gasteiger charge is -2.36. The largest absolute Gasteiger partial charge is 0.544 e. The predicted octanol–water partition coefficient (Wildman–Crippen LogP) is 6.81. The molecule has 1 unspecified atom stereocenters. The number of rotatable bonds is 6. The number of aliphatic hydroxyl groups excluding tert-OH is 1. The molecule has 0 radical (unpaired) electrons. The summed E-state index contributed by atoms with van der Waals surface area (Å²) >= 11 is 0. The van der Waals surface area contributed by atoms with E-state index >= 15 is 0 Å². The minimum Gasteiger partial charge on any atom is -0.544 e. The average molecular weight is 436 g/mol. The Labute approximate surface area is 186 Å². The number of nitrogens with zero attached hydrogens (tertiary/aromatic N) is 1. The van der Waals surface area contributed by atoms with E-state index in [0.29, 0.717) is 0 Å². The molecule has 0 saturated heterocycles. The first-order valence-corrected chi connectivity index (χ1v) is 14.0. The molecule has 1 heterocycles.